The fourth-order valence-corrected chi connectivity index (χ4v) is 2.27. The van der Waals surface area contributed by atoms with Gasteiger partial charge in [0.1, 0.15) is 6.04 Å². The van der Waals surface area contributed by atoms with Crippen molar-refractivity contribution in [3.05, 3.63) is 0 Å². The Bertz CT molecular complexity index is 259. The summed E-state index contributed by atoms with van der Waals surface area (Å²) < 4.78 is 0. The van der Waals surface area contributed by atoms with Gasteiger partial charge in [-0.3, -0.25) is 4.79 Å². The standard InChI is InChI=1S/C12H21NO4/c14-8-10(12(16)17)13-11(15)7-9-5-3-1-2-4-6-9/h9-10,14H,1-8H2,(H,13,15)(H,16,17)/t10-/m0/s1. The Hall–Kier alpha value is -1.10. The molecule has 0 unspecified atom stereocenters. The van der Waals surface area contributed by atoms with Crippen molar-refractivity contribution in [2.75, 3.05) is 6.61 Å². The van der Waals surface area contributed by atoms with Crippen LogP contribution in [0, 0.1) is 5.92 Å². The van der Waals surface area contributed by atoms with E-state index in [1.165, 1.54) is 12.8 Å². The van der Waals surface area contributed by atoms with Crippen LogP contribution in [-0.2, 0) is 9.59 Å². The van der Waals surface area contributed by atoms with Crippen LogP contribution < -0.4 is 5.32 Å². The number of amides is 1. The number of aliphatic carboxylic acids is 1. The molecule has 1 aliphatic rings. The van der Waals surface area contributed by atoms with E-state index < -0.39 is 18.6 Å². The van der Waals surface area contributed by atoms with Gasteiger partial charge < -0.3 is 15.5 Å². The second kappa shape index (κ2) is 7.27. The van der Waals surface area contributed by atoms with Crippen molar-refractivity contribution in [1.82, 2.24) is 5.32 Å². The van der Waals surface area contributed by atoms with Crippen molar-refractivity contribution >= 4 is 11.9 Å². The highest BCUT2D eigenvalue weighted by Crippen LogP contribution is 2.25. The van der Waals surface area contributed by atoms with E-state index in [-0.39, 0.29) is 5.91 Å². The van der Waals surface area contributed by atoms with Gasteiger partial charge in [-0.2, -0.15) is 0 Å². The minimum absolute atomic E-state index is 0.265. The van der Waals surface area contributed by atoms with Crippen LogP contribution in [0.2, 0.25) is 0 Å². The molecule has 98 valence electrons. The predicted molar refractivity (Wildman–Crippen MR) is 62.5 cm³/mol. The van der Waals surface area contributed by atoms with Gasteiger partial charge in [-0.05, 0) is 18.8 Å². The largest absolute Gasteiger partial charge is 0.480 e. The van der Waals surface area contributed by atoms with Crippen molar-refractivity contribution < 1.29 is 19.8 Å². The first-order valence-corrected chi connectivity index (χ1v) is 6.26. The number of carboxylic acid groups (broad SMARTS) is 1. The molecule has 0 radical (unpaired) electrons. The van der Waals surface area contributed by atoms with Gasteiger partial charge in [-0.1, -0.05) is 25.7 Å². The Morgan fingerprint density at radius 1 is 1.18 bits per heavy atom. The highest BCUT2D eigenvalue weighted by Gasteiger charge is 2.21. The normalized spacial score (nSPS) is 19.4. The van der Waals surface area contributed by atoms with E-state index in [1.807, 2.05) is 0 Å². The number of hydrogen-bond acceptors (Lipinski definition) is 3. The van der Waals surface area contributed by atoms with Crippen molar-refractivity contribution in [2.24, 2.45) is 5.92 Å². The molecule has 0 bridgehead atoms. The van der Waals surface area contributed by atoms with Gasteiger partial charge >= 0.3 is 5.97 Å². The summed E-state index contributed by atoms with van der Waals surface area (Å²) in [5, 5.41) is 19.8. The molecule has 1 atom stereocenters. The molecule has 5 heteroatoms. The molecule has 1 aliphatic carbocycles. The van der Waals surface area contributed by atoms with Crippen molar-refractivity contribution in [3.63, 3.8) is 0 Å². The SMILES string of the molecule is O=C(CC1CCCCCC1)N[C@@H](CO)C(=O)O. The molecule has 1 saturated carbocycles. The molecular weight excluding hydrogens is 222 g/mol. The van der Waals surface area contributed by atoms with E-state index in [4.69, 9.17) is 10.2 Å². The quantitative estimate of drug-likeness (QED) is 0.626. The molecule has 0 spiro atoms. The van der Waals surface area contributed by atoms with Crippen molar-refractivity contribution in [3.8, 4) is 0 Å². The topological polar surface area (TPSA) is 86.6 Å². The minimum Gasteiger partial charge on any atom is -0.480 e. The van der Waals surface area contributed by atoms with E-state index in [9.17, 15) is 9.59 Å². The van der Waals surface area contributed by atoms with Crippen LogP contribution >= 0.6 is 0 Å². The first-order valence-electron chi connectivity index (χ1n) is 6.26. The van der Waals surface area contributed by atoms with Crippen LogP contribution in [-0.4, -0.2) is 34.7 Å². The number of hydrogen-bond donors (Lipinski definition) is 3. The number of carboxylic acids is 1. The Morgan fingerprint density at radius 2 is 1.76 bits per heavy atom. The smallest absolute Gasteiger partial charge is 0.328 e. The Labute approximate surface area is 101 Å². The Morgan fingerprint density at radius 3 is 2.24 bits per heavy atom. The number of carbonyl (C=O) groups excluding carboxylic acids is 1. The summed E-state index contributed by atoms with van der Waals surface area (Å²) in [5.41, 5.74) is 0. The van der Waals surface area contributed by atoms with Crippen LogP contribution in [0.3, 0.4) is 0 Å². The zero-order valence-electron chi connectivity index (χ0n) is 10.0. The van der Waals surface area contributed by atoms with Gasteiger partial charge in [0.05, 0.1) is 6.61 Å². The average Bonchev–Trinajstić information content (AvgIpc) is 2.54. The second-order valence-corrected chi connectivity index (χ2v) is 4.70. The van der Waals surface area contributed by atoms with Crippen molar-refractivity contribution in [1.29, 1.82) is 0 Å². The Balaban J connectivity index is 2.34. The molecule has 0 aliphatic heterocycles. The third-order valence-electron chi connectivity index (χ3n) is 3.26. The average molecular weight is 243 g/mol. The first-order chi connectivity index (χ1) is 8.13. The summed E-state index contributed by atoms with van der Waals surface area (Å²) in [7, 11) is 0. The van der Waals surface area contributed by atoms with E-state index >= 15 is 0 Å². The van der Waals surface area contributed by atoms with Crippen LogP contribution in [0.1, 0.15) is 44.9 Å². The second-order valence-electron chi connectivity index (χ2n) is 4.70. The number of aliphatic hydroxyl groups excluding tert-OH is 1. The summed E-state index contributed by atoms with van der Waals surface area (Å²) in [6, 6.07) is -1.17. The molecule has 1 fully saturated rings. The molecule has 1 rings (SSSR count). The lowest BCUT2D eigenvalue weighted by atomic mass is 9.96. The van der Waals surface area contributed by atoms with E-state index in [0.29, 0.717) is 12.3 Å². The van der Waals surface area contributed by atoms with Gasteiger partial charge in [0.15, 0.2) is 0 Å². The molecule has 0 aromatic heterocycles. The molecule has 0 aromatic rings. The molecule has 0 aromatic carbocycles. The van der Waals surface area contributed by atoms with Crippen LogP contribution in [0.15, 0.2) is 0 Å². The van der Waals surface area contributed by atoms with Gasteiger partial charge in [0, 0.05) is 6.42 Å². The Kier molecular flexibility index (Phi) is 5.97. The third kappa shape index (κ3) is 5.17. The lowest BCUT2D eigenvalue weighted by Gasteiger charge is -2.16. The zero-order chi connectivity index (χ0) is 12.7. The number of rotatable bonds is 5. The van der Waals surface area contributed by atoms with Gasteiger partial charge in [0.2, 0.25) is 5.91 Å². The summed E-state index contributed by atoms with van der Waals surface area (Å²) in [6.07, 6.45) is 7.23. The van der Waals surface area contributed by atoms with Gasteiger partial charge in [-0.15, -0.1) is 0 Å². The van der Waals surface area contributed by atoms with Gasteiger partial charge in [0.25, 0.3) is 0 Å². The first kappa shape index (κ1) is 14.0. The molecule has 0 heterocycles. The summed E-state index contributed by atoms with van der Waals surface area (Å²) in [4.78, 5) is 22.3. The molecule has 1 amide bonds. The lowest BCUT2D eigenvalue weighted by Crippen LogP contribution is -2.43. The monoisotopic (exact) mass is 243 g/mol. The summed E-state index contributed by atoms with van der Waals surface area (Å²) in [5.74, 6) is -1.09. The number of aliphatic hydroxyl groups is 1. The molecule has 17 heavy (non-hydrogen) atoms. The highest BCUT2D eigenvalue weighted by atomic mass is 16.4. The fourth-order valence-electron chi connectivity index (χ4n) is 2.27. The lowest BCUT2D eigenvalue weighted by molar-refractivity contribution is -0.143. The molecule has 0 saturated heterocycles. The number of nitrogens with one attached hydrogen (secondary N) is 1. The van der Waals surface area contributed by atoms with E-state index in [0.717, 1.165) is 25.7 Å². The van der Waals surface area contributed by atoms with E-state index in [2.05, 4.69) is 5.32 Å². The fraction of sp³-hybridized carbons (Fsp3) is 0.833. The maximum atomic E-state index is 11.6. The van der Waals surface area contributed by atoms with E-state index in [1.54, 1.807) is 0 Å². The summed E-state index contributed by atoms with van der Waals surface area (Å²) >= 11 is 0. The van der Waals surface area contributed by atoms with Crippen LogP contribution in [0.5, 0.6) is 0 Å². The molecule has 3 N–H and O–H groups in total. The maximum Gasteiger partial charge on any atom is 0.328 e. The highest BCUT2D eigenvalue weighted by molar-refractivity contribution is 5.83. The predicted octanol–water partition coefficient (Wildman–Crippen LogP) is 0.909. The number of carbonyl (C=O) groups is 2. The van der Waals surface area contributed by atoms with Crippen LogP contribution in [0.4, 0.5) is 0 Å². The summed E-state index contributed by atoms with van der Waals surface area (Å²) in [6.45, 7) is -0.564. The third-order valence-corrected chi connectivity index (χ3v) is 3.26. The molecular formula is C12H21NO4. The van der Waals surface area contributed by atoms with Crippen LogP contribution in [0.25, 0.3) is 0 Å². The minimum atomic E-state index is -1.19. The van der Waals surface area contributed by atoms with Crippen molar-refractivity contribution in [2.45, 2.75) is 51.0 Å². The molecule has 5 nitrogen and oxygen atoms in total. The zero-order valence-corrected chi connectivity index (χ0v) is 10.0. The van der Waals surface area contributed by atoms with Gasteiger partial charge in [-0.25, -0.2) is 4.79 Å². The maximum absolute atomic E-state index is 11.6.